The number of aryl methyl sites for hydroxylation is 1. The van der Waals surface area contributed by atoms with E-state index in [1.807, 2.05) is 31.2 Å². The molecular formula is C13H18N2O3. The molecule has 0 saturated carbocycles. The molecular weight excluding hydrogens is 232 g/mol. The maximum atomic E-state index is 10.9. The molecule has 1 rings (SSSR count). The maximum absolute atomic E-state index is 10.9. The molecule has 0 aliphatic carbocycles. The van der Waals surface area contributed by atoms with Crippen LogP contribution < -0.4 is 10.6 Å². The molecule has 18 heavy (non-hydrogen) atoms. The smallest absolute Gasteiger partial charge is 0.327 e. The largest absolute Gasteiger partial charge is 0.480 e. The third-order valence-corrected chi connectivity index (χ3v) is 2.44. The highest BCUT2D eigenvalue weighted by Gasteiger charge is 2.17. The number of carboxylic acids is 1. The molecule has 0 bridgehead atoms. The molecule has 0 aliphatic rings. The quantitative estimate of drug-likeness (QED) is 0.693. The van der Waals surface area contributed by atoms with Gasteiger partial charge in [-0.15, -0.1) is 0 Å². The van der Waals surface area contributed by atoms with Gasteiger partial charge in [-0.1, -0.05) is 29.8 Å². The second kappa shape index (κ2) is 6.76. The molecule has 98 valence electrons. The Morgan fingerprint density at radius 2 is 2.11 bits per heavy atom. The summed E-state index contributed by atoms with van der Waals surface area (Å²) in [5.41, 5.74) is 2.24. The van der Waals surface area contributed by atoms with E-state index in [1.54, 1.807) is 0 Å². The van der Waals surface area contributed by atoms with Crippen molar-refractivity contribution >= 4 is 11.9 Å². The SMILES string of the molecule is CC(=O)NC(CNCc1cccc(C)c1)C(=O)O. The summed E-state index contributed by atoms with van der Waals surface area (Å²) in [5, 5.41) is 14.3. The summed E-state index contributed by atoms with van der Waals surface area (Å²) in [6.45, 7) is 4.07. The van der Waals surface area contributed by atoms with Gasteiger partial charge in [0.15, 0.2) is 0 Å². The van der Waals surface area contributed by atoms with E-state index in [9.17, 15) is 9.59 Å². The molecule has 0 radical (unpaired) electrons. The van der Waals surface area contributed by atoms with Gasteiger partial charge in [0.2, 0.25) is 5.91 Å². The number of aliphatic carboxylic acids is 1. The molecule has 3 N–H and O–H groups in total. The van der Waals surface area contributed by atoms with E-state index in [2.05, 4.69) is 10.6 Å². The highest BCUT2D eigenvalue weighted by Crippen LogP contribution is 2.03. The lowest BCUT2D eigenvalue weighted by Crippen LogP contribution is -2.46. The van der Waals surface area contributed by atoms with Gasteiger partial charge in [-0.2, -0.15) is 0 Å². The van der Waals surface area contributed by atoms with Crippen LogP contribution in [-0.2, 0) is 16.1 Å². The number of amides is 1. The van der Waals surface area contributed by atoms with E-state index >= 15 is 0 Å². The molecule has 1 aromatic carbocycles. The fourth-order valence-electron chi connectivity index (χ4n) is 1.63. The van der Waals surface area contributed by atoms with Crippen LogP contribution in [-0.4, -0.2) is 29.6 Å². The lowest BCUT2D eigenvalue weighted by molar-refractivity contribution is -0.141. The van der Waals surface area contributed by atoms with Gasteiger partial charge < -0.3 is 15.7 Å². The van der Waals surface area contributed by atoms with Crippen molar-refractivity contribution in [1.82, 2.24) is 10.6 Å². The number of carbonyl (C=O) groups is 2. The highest BCUT2D eigenvalue weighted by molar-refractivity contribution is 5.82. The van der Waals surface area contributed by atoms with Gasteiger partial charge in [0.1, 0.15) is 6.04 Å². The van der Waals surface area contributed by atoms with Crippen LogP contribution >= 0.6 is 0 Å². The Hall–Kier alpha value is -1.88. The first-order valence-corrected chi connectivity index (χ1v) is 5.75. The van der Waals surface area contributed by atoms with Crippen molar-refractivity contribution in [2.75, 3.05) is 6.54 Å². The maximum Gasteiger partial charge on any atom is 0.327 e. The molecule has 0 heterocycles. The van der Waals surface area contributed by atoms with Crippen LogP contribution in [0.1, 0.15) is 18.1 Å². The first-order valence-electron chi connectivity index (χ1n) is 5.75. The van der Waals surface area contributed by atoms with Gasteiger partial charge in [0, 0.05) is 20.0 Å². The van der Waals surface area contributed by atoms with E-state index in [0.717, 1.165) is 11.1 Å². The van der Waals surface area contributed by atoms with Crippen LogP contribution in [0.15, 0.2) is 24.3 Å². The predicted molar refractivity (Wildman–Crippen MR) is 68.1 cm³/mol. The second-order valence-corrected chi connectivity index (χ2v) is 4.21. The number of hydrogen-bond donors (Lipinski definition) is 3. The van der Waals surface area contributed by atoms with Gasteiger partial charge in [0.05, 0.1) is 0 Å². The number of carbonyl (C=O) groups excluding carboxylic acids is 1. The van der Waals surface area contributed by atoms with Gasteiger partial charge >= 0.3 is 5.97 Å². The third kappa shape index (κ3) is 4.97. The predicted octanol–water partition coefficient (Wildman–Crippen LogP) is 0.674. The Morgan fingerprint density at radius 3 is 2.67 bits per heavy atom. The molecule has 5 heteroatoms. The zero-order valence-corrected chi connectivity index (χ0v) is 10.6. The topological polar surface area (TPSA) is 78.4 Å². The minimum atomic E-state index is -1.04. The number of benzene rings is 1. The van der Waals surface area contributed by atoms with Gasteiger partial charge in [-0.3, -0.25) is 4.79 Å². The Morgan fingerprint density at radius 1 is 1.39 bits per heavy atom. The average Bonchev–Trinajstić information content (AvgIpc) is 2.27. The van der Waals surface area contributed by atoms with Crippen molar-refractivity contribution < 1.29 is 14.7 Å². The Labute approximate surface area is 106 Å². The molecule has 0 aromatic heterocycles. The Bertz CT molecular complexity index is 432. The van der Waals surface area contributed by atoms with E-state index in [-0.39, 0.29) is 12.5 Å². The van der Waals surface area contributed by atoms with Crippen molar-refractivity contribution in [3.05, 3.63) is 35.4 Å². The van der Waals surface area contributed by atoms with Crippen molar-refractivity contribution in [1.29, 1.82) is 0 Å². The molecule has 5 nitrogen and oxygen atoms in total. The molecule has 1 atom stereocenters. The Kier molecular flexibility index (Phi) is 5.32. The third-order valence-electron chi connectivity index (χ3n) is 2.44. The van der Waals surface area contributed by atoms with Gasteiger partial charge in [-0.05, 0) is 12.5 Å². The summed E-state index contributed by atoms with van der Waals surface area (Å²) in [4.78, 5) is 21.7. The molecule has 1 aromatic rings. The summed E-state index contributed by atoms with van der Waals surface area (Å²) >= 11 is 0. The molecule has 0 spiro atoms. The molecule has 0 fully saturated rings. The first-order chi connectivity index (χ1) is 8.49. The lowest BCUT2D eigenvalue weighted by Gasteiger charge is -2.14. The number of carboxylic acid groups (broad SMARTS) is 1. The molecule has 0 aliphatic heterocycles. The molecule has 1 unspecified atom stereocenters. The molecule has 1 amide bonds. The minimum absolute atomic E-state index is 0.197. The van der Waals surface area contributed by atoms with E-state index < -0.39 is 12.0 Å². The average molecular weight is 250 g/mol. The number of hydrogen-bond acceptors (Lipinski definition) is 3. The van der Waals surface area contributed by atoms with Crippen molar-refractivity contribution in [2.45, 2.75) is 26.4 Å². The fourth-order valence-corrected chi connectivity index (χ4v) is 1.63. The van der Waals surface area contributed by atoms with Crippen LogP contribution in [0.2, 0.25) is 0 Å². The summed E-state index contributed by atoms with van der Waals surface area (Å²) in [6.07, 6.45) is 0. The van der Waals surface area contributed by atoms with Gasteiger partial charge in [0.25, 0.3) is 0 Å². The zero-order valence-electron chi connectivity index (χ0n) is 10.6. The van der Waals surface area contributed by atoms with Crippen LogP contribution in [0.4, 0.5) is 0 Å². The summed E-state index contributed by atoms with van der Waals surface area (Å²) in [5.74, 6) is -1.39. The fraction of sp³-hybridized carbons (Fsp3) is 0.385. The molecule has 0 saturated heterocycles. The van der Waals surface area contributed by atoms with Crippen LogP contribution in [0, 0.1) is 6.92 Å². The zero-order chi connectivity index (χ0) is 13.5. The highest BCUT2D eigenvalue weighted by atomic mass is 16.4. The minimum Gasteiger partial charge on any atom is -0.480 e. The van der Waals surface area contributed by atoms with E-state index in [1.165, 1.54) is 6.92 Å². The normalized spacial score (nSPS) is 11.9. The van der Waals surface area contributed by atoms with E-state index in [0.29, 0.717) is 6.54 Å². The van der Waals surface area contributed by atoms with Crippen LogP contribution in [0.3, 0.4) is 0 Å². The number of nitrogens with one attached hydrogen (secondary N) is 2. The Balaban J connectivity index is 2.43. The summed E-state index contributed by atoms with van der Waals surface area (Å²) in [7, 11) is 0. The van der Waals surface area contributed by atoms with Gasteiger partial charge in [-0.25, -0.2) is 4.79 Å². The van der Waals surface area contributed by atoms with Crippen molar-refractivity contribution in [3.63, 3.8) is 0 Å². The standard InChI is InChI=1S/C13H18N2O3/c1-9-4-3-5-11(6-9)7-14-8-12(13(17)18)15-10(2)16/h3-6,12,14H,7-8H2,1-2H3,(H,15,16)(H,17,18). The summed E-state index contributed by atoms with van der Waals surface area (Å²) < 4.78 is 0. The number of rotatable bonds is 6. The van der Waals surface area contributed by atoms with E-state index in [4.69, 9.17) is 5.11 Å². The summed E-state index contributed by atoms with van der Waals surface area (Å²) in [6, 6.07) is 7.05. The van der Waals surface area contributed by atoms with Crippen molar-refractivity contribution in [3.8, 4) is 0 Å². The van der Waals surface area contributed by atoms with Crippen LogP contribution in [0.25, 0.3) is 0 Å². The lowest BCUT2D eigenvalue weighted by atomic mass is 10.1. The van der Waals surface area contributed by atoms with Crippen molar-refractivity contribution in [2.24, 2.45) is 0 Å². The second-order valence-electron chi connectivity index (χ2n) is 4.21. The first kappa shape index (κ1) is 14.2. The monoisotopic (exact) mass is 250 g/mol. The van der Waals surface area contributed by atoms with Crippen LogP contribution in [0.5, 0.6) is 0 Å².